The minimum Gasteiger partial charge on any atom is -0.274 e. The standard InChI is InChI=1S/C19H21FN2O3S/c1-13-11-15(14-7-3-2-4-8-14)12-17(18(13)20)19(23)21-22-26(24,25)16-9-5-6-10-16/h2-4,7-8,11-12,16,22H,5-6,9-10H2,1H3,(H,21,23). The summed E-state index contributed by atoms with van der Waals surface area (Å²) in [4.78, 5) is 14.5. The maximum Gasteiger partial charge on any atom is 0.269 e. The van der Waals surface area contributed by atoms with E-state index in [2.05, 4.69) is 10.3 Å². The first kappa shape index (κ1) is 18.5. The lowest BCUT2D eigenvalue weighted by molar-refractivity contribution is 0.0940. The number of carbonyl (C=O) groups excluding carboxylic acids is 1. The van der Waals surface area contributed by atoms with Crippen LogP contribution in [0, 0.1) is 12.7 Å². The molecule has 3 rings (SSSR count). The van der Waals surface area contributed by atoms with E-state index in [1.807, 2.05) is 30.3 Å². The van der Waals surface area contributed by atoms with Crippen molar-refractivity contribution in [2.75, 3.05) is 0 Å². The Morgan fingerprint density at radius 1 is 1.08 bits per heavy atom. The number of sulfonamides is 1. The molecule has 138 valence electrons. The summed E-state index contributed by atoms with van der Waals surface area (Å²) < 4.78 is 38.8. The minimum atomic E-state index is -3.65. The summed E-state index contributed by atoms with van der Waals surface area (Å²) in [5.74, 6) is -1.48. The van der Waals surface area contributed by atoms with Gasteiger partial charge in [0.25, 0.3) is 5.91 Å². The quantitative estimate of drug-likeness (QED) is 0.786. The molecule has 2 aromatic carbocycles. The molecule has 5 nitrogen and oxygen atoms in total. The lowest BCUT2D eigenvalue weighted by Crippen LogP contribution is -2.45. The summed E-state index contributed by atoms with van der Waals surface area (Å²) in [7, 11) is -3.65. The highest BCUT2D eigenvalue weighted by Crippen LogP contribution is 2.25. The summed E-state index contributed by atoms with van der Waals surface area (Å²) >= 11 is 0. The first-order valence-electron chi connectivity index (χ1n) is 8.55. The Kier molecular flexibility index (Phi) is 5.38. The Hall–Kier alpha value is -2.25. The SMILES string of the molecule is Cc1cc(-c2ccccc2)cc(C(=O)NNS(=O)(=O)C2CCCC2)c1F. The minimum absolute atomic E-state index is 0.196. The second kappa shape index (κ2) is 7.55. The Morgan fingerprint density at radius 2 is 1.73 bits per heavy atom. The number of rotatable bonds is 5. The fourth-order valence-electron chi connectivity index (χ4n) is 3.20. The molecule has 1 fully saturated rings. The lowest BCUT2D eigenvalue weighted by atomic mass is 9.99. The molecule has 1 aliphatic carbocycles. The Balaban J connectivity index is 1.81. The fourth-order valence-corrected chi connectivity index (χ4v) is 4.55. The number of aryl methyl sites for hydroxylation is 1. The van der Waals surface area contributed by atoms with Gasteiger partial charge in [-0.1, -0.05) is 43.2 Å². The van der Waals surface area contributed by atoms with E-state index in [1.165, 1.54) is 6.07 Å². The molecular weight excluding hydrogens is 355 g/mol. The highest BCUT2D eigenvalue weighted by molar-refractivity contribution is 7.90. The van der Waals surface area contributed by atoms with Crippen LogP contribution in [-0.4, -0.2) is 19.6 Å². The molecule has 0 bridgehead atoms. The fraction of sp³-hybridized carbons (Fsp3) is 0.316. The van der Waals surface area contributed by atoms with Crippen molar-refractivity contribution < 1.29 is 17.6 Å². The molecule has 0 aliphatic heterocycles. The third kappa shape index (κ3) is 3.94. The van der Waals surface area contributed by atoms with Crippen LogP contribution in [0.5, 0.6) is 0 Å². The normalized spacial score (nSPS) is 15.2. The maximum atomic E-state index is 14.4. The van der Waals surface area contributed by atoms with Crippen molar-refractivity contribution in [3.05, 3.63) is 59.4 Å². The molecule has 1 aliphatic rings. The maximum absolute atomic E-state index is 14.4. The van der Waals surface area contributed by atoms with Gasteiger partial charge in [-0.15, -0.1) is 4.83 Å². The van der Waals surface area contributed by atoms with Gasteiger partial charge in [-0.25, -0.2) is 12.8 Å². The predicted octanol–water partition coefficient (Wildman–Crippen LogP) is 3.31. The predicted molar refractivity (Wildman–Crippen MR) is 98.4 cm³/mol. The molecule has 0 unspecified atom stereocenters. The van der Waals surface area contributed by atoms with Gasteiger partial charge in [0.05, 0.1) is 10.8 Å². The molecule has 0 atom stereocenters. The third-order valence-corrected chi connectivity index (χ3v) is 6.39. The number of nitrogens with one attached hydrogen (secondary N) is 2. The zero-order valence-electron chi connectivity index (χ0n) is 14.5. The number of benzene rings is 2. The van der Waals surface area contributed by atoms with Gasteiger partial charge in [-0.2, -0.15) is 0 Å². The van der Waals surface area contributed by atoms with Crippen LogP contribution in [0.25, 0.3) is 11.1 Å². The van der Waals surface area contributed by atoms with Crippen LogP contribution in [-0.2, 0) is 10.0 Å². The number of hydrogen-bond donors (Lipinski definition) is 2. The van der Waals surface area contributed by atoms with E-state index in [0.717, 1.165) is 18.4 Å². The van der Waals surface area contributed by atoms with Crippen molar-refractivity contribution in [1.82, 2.24) is 10.3 Å². The van der Waals surface area contributed by atoms with Gasteiger partial charge in [0.15, 0.2) is 0 Å². The van der Waals surface area contributed by atoms with Crippen molar-refractivity contribution in [3.63, 3.8) is 0 Å². The summed E-state index contributed by atoms with van der Waals surface area (Å²) in [6, 6.07) is 12.4. The molecule has 0 saturated heterocycles. The summed E-state index contributed by atoms with van der Waals surface area (Å²) in [5, 5.41) is -0.509. The Morgan fingerprint density at radius 3 is 2.38 bits per heavy atom. The van der Waals surface area contributed by atoms with Crippen LogP contribution in [0.1, 0.15) is 41.6 Å². The molecule has 0 heterocycles. The molecule has 1 amide bonds. The monoisotopic (exact) mass is 376 g/mol. The zero-order valence-corrected chi connectivity index (χ0v) is 15.3. The van der Waals surface area contributed by atoms with Crippen LogP contribution in [0.15, 0.2) is 42.5 Å². The van der Waals surface area contributed by atoms with Crippen LogP contribution in [0.2, 0.25) is 0 Å². The van der Waals surface area contributed by atoms with E-state index in [1.54, 1.807) is 13.0 Å². The zero-order chi connectivity index (χ0) is 18.7. The summed E-state index contributed by atoms with van der Waals surface area (Å²) in [5.41, 5.74) is 3.80. The second-order valence-corrected chi connectivity index (χ2v) is 8.49. The van der Waals surface area contributed by atoms with Gasteiger partial charge in [-0.05, 0) is 48.6 Å². The number of hydrogen-bond acceptors (Lipinski definition) is 3. The molecule has 0 spiro atoms. The summed E-state index contributed by atoms with van der Waals surface area (Å²) in [6.07, 6.45) is 2.85. The lowest BCUT2D eigenvalue weighted by Gasteiger charge is -2.14. The molecule has 1 saturated carbocycles. The van der Waals surface area contributed by atoms with Gasteiger partial charge in [0.1, 0.15) is 5.82 Å². The van der Waals surface area contributed by atoms with E-state index in [4.69, 9.17) is 0 Å². The highest BCUT2D eigenvalue weighted by atomic mass is 32.2. The first-order chi connectivity index (χ1) is 12.4. The third-order valence-electron chi connectivity index (χ3n) is 4.65. The van der Waals surface area contributed by atoms with Gasteiger partial charge >= 0.3 is 0 Å². The highest BCUT2D eigenvalue weighted by Gasteiger charge is 2.29. The second-order valence-electron chi connectivity index (χ2n) is 6.53. The number of carbonyl (C=O) groups is 1. The number of hydrazine groups is 1. The van der Waals surface area contributed by atoms with Gasteiger partial charge in [0, 0.05) is 0 Å². The van der Waals surface area contributed by atoms with E-state index in [-0.39, 0.29) is 5.56 Å². The molecular formula is C19H21FN2O3S. The van der Waals surface area contributed by atoms with Gasteiger partial charge in [0.2, 0.25) is 10.0 Å². The van der Waals surface area contributed by atoms with Crippen LogP contribution >= 0.6 is 0 Å². The Labute approximate surface area is 152 Å². The molecule has 7 heteroatoms. The van der Waals surface area contributed by atoms with E-state index < -0.39 is 27.0 Å². The smallest absolute Gasteiger partial charge is 0.269 e. The number of halogens is 1. The molecule has 2 N–H and O–H groups in total. The molecule has 2 aromatic rings. The topological polar surface area (TPSA) is 75.3 Å². The Bertz CT molecular complexity index is 908. The van der Waals surface area contributed by atoms with Crippen molar-refractivity contribution in [1.29, 1.82) is 0 Å². The largest absolute Gasteiger partial charge is 0.274 e. The first-order valence-corrected chi connectivity index (χ1v) is 10.1. The van der Waals surface area contributed by atoms with Crippen LogP contribution < -0.4 is 10.3 Å². The average molecular weight is 376 g/mol. The molecule has 0 radical (unpaired) electrons. The van der Waals surface area contributed by atoms with Gasteiger partial charge < -0.3 is 0 Å². The van der Waals surface area contributed by atoms with E-state index >= 15 is 0 Å². The molecule has 26 heavy (non-hydrogen) atoms. The van der Waals surface area contributed by atoms with Crippen molar-refractivity contribution >= 4 is 15.9 Å². The van der Waals surface area contributed by atoms with E-state index in [0.29, 0.717) is 24.0 Å². The van der Waals surface area contributed by atoms with E-state index in [9.17, 15) is 17.6 Å². The summed E-state index contributed by atoms with van der Waals surface area (Å²) in [6.45, 7) is 1.57. The van der Waals surface area contributed by atoms with Crippen LogP contribution in [0.3, 0.4) is 0 Å². The van der Waals surface area contributed by atoms with Crippen molar-refractivity contribution in [3.8, 4) is 11.1 Å². The van der Waals surface area contributed by atoms with Gasteiger partial charge in [-0.3, -0.25) is 10.2 Å². The van der Waals surface area contributed by atoms with Crippen LogP contribution in [0.4, 0.5) is 4.39 Å². The average Bonchev–Trinajstić information content (AvgIpc) is 3.18. The van der Waals surface area contributed by atoms with Crippen molar-refractivity contribution in [2.24, 2.45) is 0 Å². The van der Waals surface area contributed by atoms with Crippen molar-refractivity contribution in [2.45, 2.75) is 37.9 Å². The molecule has 0 aromatic heterocycles. The number of amides is 1.